The molecule has 1 saturated carbocycles. The van der Waals surface area contributed by atoms with Crippen LogP contribution in [0.5, 0.6) is 0 Å². The maximum atomic E-state index is 11.5. The topological polar surface area (TPSA) is 72.2 Å². The summed E-state index contributed by atoms with van der Waals surface area (Å²) in [6, 6.07) is 5.32. The Balaban J connectivity index is 2.19. The Morgan fingerprint density at radius 2 is 1.95 bits per heavy atom. The summed E-state index contributed by atoms with van der Waals surface area (Å²) in [6.07, 6.45) is 3.55. The van der Waals surface area contributed by atoms with Crippen LogP contribution in [0.1, 0.15) is 26.7 Å². The number of hydrogen-bond donors (Lipinski definition) is 2. The summed E-state index contributed by atoms with van der Waals surface area (Å²) in [5.74, 6) is 1.32. The molecule has 0 heterocycles. The highest BCUT2D eigenvalue weighted by Gasteiger charge is 2.29. The van der Waals surface area contributed by atoms with Crippen LogP contribution < -0.4 is 11.1 Å². The lowest BCUT2D eigenvalue weighted by Gasteiger charge is -2.22. The van der Waals surface area contributed by atoms with Gasteiger partial charge in [0.2, 0.25) is 0 Å². The fourth-order valence-corrected chi connectivity index (χ4v) is 3.33. The Morgan fingerprint density at radius 1 is 1.26 bits per heavy atom. The highest BCUT2D eigenvalue weighted by atomic mass is 32.2. The Hall–Kier alpha value is -1.23. The van der Waals surface area contributed by atoms with Gasteiger partial charge in [0.1, 0.15) is 0 Å². The van der Waals surface area contributed by atoms with Gasteiger partial charge >= 0.3 is 0 Å². The summed E-state index contributed by atoms with van der Waals surface area (Å²) in [5.41, 5.74) is 7.28. The second kappa shape index (κ2) is 5.04. The van der Waals surface area contributed by atoms with Crippen LogP contribution in [-0.4, -0.2) is 20.7 Å². The Kier molecular flexibility index (Phi) is 3.76. The van der Waals surface area contributed by atoms with Crippen LogP contribution in [0.15, 0.2) is 23.1 Å². The lowest BCUT2D eigenvalue weighted by Crippen LogP contribution is -2.24. The summed E-state index contributed by atoms with van der Waals surface area (Å²) in [7, 11) is -3.20. The van der Waals surface area contributed by atoms with Crippen molar-refractivity contribution in [2.45, 2.75) is 37.6 Å². The van der Waals surface area contributed by atoms with Crippen molar-refractivity contribution in [1.29, 1.82) is 0 Å². The van der Waals surface area contributed by atoms with E-state index in [0.29, 0.717) is 23.6 Å². The third-order valence-corrected chi connectivity index (χ3v) is 5.37. The lowest BCUT2D eigenvalue weighted by atomic mass is 9.97. The zero-order valence-electron chi connectivity index (χ0n) is 11.7. The summed E-state index contributed by atoms with van der Waals surface area (Å²) in [6.45, 7) is 4.51. The van der Waals surface area contributed by atoms with Crippen molar-refractivity contribution < 1.29 is 8.42 Å². The van der Waals surface area contributed by atoms with Crippen molar-refractivity contribution in [3.63, 3.8) is 0 Å². The highest BCUT2D eigenvalue weighted by Crippen LogP contribution is 2.34. The van der Waals surface area contributed by atoms with Crippen LogP contribution in [0, 0.1) is 11.8 Å². The number of benzene rings is 1. The van der Waals surface area contributed by atoms with Crippen molar-refractivity contribution in [1.82, 2.24) is 0 Å². The summed E-state index contributed by atoms with van der Waals surface area (Å²) in [4.78, 5) is 0.267. The number of sulfone groups is 1. The smallest absolute Gasteiger partial charge is 0.175 e. The van der Waals surface area contributed by atoms with E-state index < -0.39 is 9.84 Å². The number of hydrogen-bond acceptors (Lipinski definition) is 4. The molecular formula is C14H22N2O2S. The highest BCUT2D eigenvalue weighted by molar-refractivity contribution is 7.90. The molecule has 3 unspecified atom stereocenters. The molecule has 0 saturated heterocycles. The average molecular weight is 282 g/mol. The maximum absolute atomic E-state index is 11.5. The van der Waals surface area contributed by atoms with Crippen LogP contribution in [0.3, 0.4) is 0 Å². The molecule has 1 aliphatic carbocycles. The molecule has 0 spiro atoms. The Bertz CT molecular complexity index is 569. The molecule has 0 bridgehead atoms. The van der Waals surface area contributed by atoms with E-state index in [0.717, 1.165) is 12.1 Å². The van der Waals surface area contributed by atoms with Gasteiger partial charge in [-0.05, 0) is 42.9 Å². The largest absolute Gasteiger partial charge is 0.397 e. The molecule has 2 rings (SSSR count). The molecular weight excluding hydrogens is 260 g/mol. The van der Waals surface area contributed by atoms with Crippen molar-refractivity contribution in [2.75, 3.05) is 17.3 Å². The molecule has 0 amide bonds. The fourth-order valence-electron chi connectivity index (χ4n) is 2.67. The molecule has 0 aromatic heterocycles. The molecule has 106 valence electrons. The van der Waals surface area contributed by atoms with E-state index in [2.05, 4.69) is 19.2 Å². The van der Waals surface area contributed by atoms with Gasteiger partial charge in [0.25, 0.3) is 0 Å². The van der Waals surface area contributed by atoms with Crippen molar-refractivity contribution >= 4 is 21.2 Å². The minimum Gasteiger partial charge on any atom is -0.397 e. The van der Waals surface area contributed by atoms with Crippen LogP contribution in [0.25, 0.3) is 0 Å². The second-order valence-electron chi connectivity index (χ2n) is 5.69. The van der Waals surface area contributed by atoms with E-state index in [4.69, 9.17) is 5.73 Å². The molecule has 1 aromatic carbocycles. The van der Waals surface area contributed by atoms with Gasteiger partial charge in [-0.3, -0.25) is 0 Å². The van der Waals surface area contributed by atoms with Gasteiger partial charge in [0.15, 0.2) is 9.84 Å². The first-order chi connectivity index (χ1) is 8.79. The van der Waals surface area contributed by atoms with E-state index in [-0.39, 0.29) is 4.90 Å². The Labute approximate surface area is 115 Å². The summed E-state index contributed by atoms with van der Waals surface area (Å²) < 4.78 is 22.9. The third kappa shape index (κ3) is 3.03. The maximum Gasteiger partial charge on any atom is 0.175 e. The first-order valence-corrected chi connectivity index (χ1v) is 8.54. The molecule has 1 aliphatic rings. The second-order valence-corrected chi connectivity index (χ2v) is 7.70. The molecule has 19 heavy (non-hydrogen) atoms. The van der Waals surface area contributed by atoms with Gasteiger partial charge in [-0.1, -0.05) is 13.8 Å². The van der Waals surface area contributed by atoms with Crippen LogP contribution in [0.4, 0.5) is 11.4 Å². The normalized spacial score (nSPS) is 27.4. The molecule has 0 radical (unpaired) electrons. The first kappa shape index (κ1) is 14.2. The van der Waals surface area contributed by atoms with Crippen molar-refractivity contribution in [3.05, 3.63) is 18.2 Å². The minimum atomic E-state index is -3.20. The molecule has 1 fully saturated rings. The molecule has 3 atom stereocenters. The predicted molar refractivity (Wildman–Crippen MR) is 78.9 cm³/mol. The number of rotatable bonds is 3. The zero-order chi connectivity index (χ0) is 14.2. The van der Waals surface area contributed by atoms with E-state index in [1.165, 1.54) is 18.7 Å². The minimum absolute atomic E-state index is 0.267. The zero-order valence-corrected chi connectivity index (χ0v) is 12.5. The fraction of sp³-hybridized carbons (Fsp3) is 0.571. The van der Waals surface area contributed by atoms with Gasteiger partial charge in [0.05, 0.1) is 16.3 Å². The molecule has 5 heteroatoms. The van der Waals surface area contributed by atoms with Gasteiger partial charge in [0, 0.05) is 12.3 Å². The molecule has 4 nitrogen and oxygen atoms in total. The van der Waals surface area contributed by atoms with Crippen LogP contribution in [0.2, 0.25) is 0 Å². The standard InChI is InChI=1S/C14H22N2O2S/c1-9-4-6-13(10(9)2)16-14-7-5-11(8-12(14)15)19(3,17)18/h5,7-10,13,16H,4,6,15H2,1-3H3. The average Bonchev–Trinajstić information content (AvgIpc) is 2.62. The van der Waals surface area contributed by atoms with Crippen molar-refractivity contribution in [3.8, 4) is 0 Å². The number of anilines is 2. The number of nitrogen functional groups attached to an aromatic ring is 1. The van der Waals surface area contributed by atoms with E-state index in [1.54, 1.807) is 12.1 Å². The predicted octanol–water partition coefficient (Wildman–Crippen LogP) is 2.52. The van der Waals surface area contributed by atoms with Gasteiger partial charge < -0.3 is 11.1 Å². The molecule has 0 aliphatic heterocycles. The first-order valence-electron chi connectivity index (χ1n) is 6.65. The lowest BCUT2D eigenvalue weighted by molar-refractivity contribution is 0.435. The van der Waals surface area contributed by atoms with Crippen LogP contribution in [-0.2, 0) is 9.84 Å². The summed E-state index contributed by atoms with van der Waals surface area (Å²) >= 11 is 0. The van der Waals surface area contributed by atoms with Gasteiger partial charge in [-0.2, -0.15) is 0 Å². The third-order valence-electron chi connectivity index (χ3n) is 4.26. The SMILES string of the molecule is CC1CCC(Nc2ccc(S(C)(=O)=O)cc2N)C1C. The van der Waals surface area contributed by atoms with E-state index >= 15 is 0 Å². The van der Waals surface area contributed by atoms with Gasteiger partial charge in [-0.15, -0.1) is 0 Å². The van der Waals surface area contributed by atoms with E-state index in [1.807, 2.05) is 0 Å². The number of nitrogens with two attached hydrogens (primary N) is 1. The molecule has 1 aromatic rings. The van der Waals surface area contributed by atoms with Gasteiger partial charge in [-0.25, -0.2) is 8.42 Å². The number of nitrogens with one attached hydrogen (secondary N) is 1. The molecule has 3 N–H and O–H groups in total. The summed E-state index contributed by atoms with van der Waals surface area (Å²) in [5, 5.41) is 3.45. The quantitative estimate of drug-likeness (QED) is 0.836. The Morgan fingerprint density at radius 3 is 2.42 bits per heavy atom. The monoisotopic (exact) mass is 282 g/mol. The van der Waals surface area contributed by atoms with E-state index in [9.17, 15) is 8.42 Å². The van der Waals surface area contributed by atoms with Crippen molar-refractivity contribution in [2.24, 2.45) is 11.8 Å². The van der Waals surface area contributed by atoms with Crippen LogP contribution >= 0.6 is 0 Å².